The Morgan fingerprint density at radius 2 is 2.18 bits per heavy atom. The summed E-state index contributed by atoms with van der Waals surface area (Å²) >= 11 is 0. The van der Waals surface area contributed by atoms with Gasteiger partial charge in [0.25, 0.3) is 5.91 Å². The van der Waals surface area contributed by atoms with Crippen LogP contribution in [0.25, 0.3) is 0 Å². The summed E-state index contributed by atoms with van der Waals surface area (Å²) in [5.41, 5.74) is 6.28. The number of carbonyl (C=O) groups excluding carboxylic acids is 1. The zero-order chi connectivity index (χ0) is 12.3. The molecule has 0 atom stereocenters. The molecule has 0 spiro atoms. The van der Waals surface area contributed by atoms with Crippen molar-refractivity contribution in [1.82, 2.24) is 10.3 Å². The van der Waals surface area contributed by atoms with Crippen molar-refractivity contribution < 1.29 is 9.53 Å². The number of hydrogen-bond acceptors (Lipinski definition) is 4. The molecular formula is C12H17N3O2. The zero-order valence-electron chi connectivity index (χ0n) is 9.90. The van der Waals surface area contributed by atoms with Gasteiger partial charge in [-0.3, -0.25) is 4.79 Å². The van der Waals surface area contributed by atoms with Gasteiger partial charge in [-0.25, -0.2) is 4.98 Å². The lowest BCUT2D eigenvalue weighted by Gasteiger charge is -2.34. The van der Waals surface area contributed by atoms with E-state index in [1.54, 1.807) is 12.1 Å². The van der Waals surface area contributed by atoms with Gasteiger partial charge in [0.2, 0.25) is 0 Å². The number of nitrogen functional groups attached to an aromatic ring is 1. The first-order valence-electron chi connectivity index (χ1n) is 5.71. The minimum Gasteiger partial charge on any atom is -0.397 e. The Labute approximate surface area is 100 Å². The van der Waals surface area contributed by atoms with Crippen molar-refractivity contribution in [3.8, 4) is 0 Å². The Bertz CT molecular complexity index is 397. The van der Waals surface area contributed by atoms with Crippen LogP contribution in [0.2, 0.25) is 0 Å². The van der Waals surface area contributed by atoms with E-state index in [1.807, 2.05) is 6.92 Å². The molecule has 5 nitrogen and oxygen atoms in total. The number of nitrogens with zero attached hydrogens (tertiary/aromatic N) is 1. The van der Waals surface area contributed by atoms with Gasteiger partial charge in [-0.2, -0.15) is 0 Å². The summed E-state index contributed by atoms with van der Waals surface area (Å²) in [5.74, 6) is -0.158. The molecule has 0 unspecified atom stereocenters. The van der Waals surface area contributed by atoms with Crippen LogP contribution in [0.4, 0.5) is 5.69 Å². The summed E-state index contributed by atoms with van der Waals surface area (Å²) in [5, 5.41) is 3.01. The van der Waals surface area contributed by atoms with Crippen LogP contribution in [-0.4, -0.2) is 29.6 Å². The molecule has 1 fully saturated rings. The van der Waals surface area contributed by atoms with Crippen molar-refractivity contribution in [2.75, 3.05) is 18.9 Å². The number of hydrogen-bond donors (Lipinski definition) is 2. The van der Waals surface area contributed by atoms with Crippen molar-refractivity contribution in [2.24, 2.45) is 0 Å². The molecule has 1 aliphatic rings. The third-order valence-electron chi connectivity index (χ3n) is 3.03. The highest BCUT2D eigenvalue weighted by atomic mass is 16.5. The first-order valence-corrected chi connectivity index (χ1v) is 5.71. The Kier molecular flexibility index (Phi) is 3.28. The van der Waals surface area contributed by atoms with Crippen LogP contribution in [0, 0.1) is 0 Å². The third-order valence-corrected chi connectivity index (χ3v) is 3.03. The number of nitrogens with one attached hydrogen (secondary N) is 1. The average molecular weight is 235 g/mol. The maximum atomic E-state index is 12.0. The summed E-state index contributed by atoms with van der Waals surface area (Å²) in [6, 6.07) is 3.31. The van der Waals surface area contributed by atoms with Crippen LogP contribution in [0.15, 0.2) is 18.3 Å². The lowest BCUT2D eigenvalue weighted by molar-refractivity contribution is 0.0421. The second kappa shape index (κ2) is 4.71. The molecule has 5 heteroatoms. The summed E-state index contributed by atoms with van der Waals surface area (Å²) in [7, 11) is 0. The van der Waals surface area contributed by atoms with E-state index in [0.29, 0.717) is 24.6 Å². The Morgan fingerprint density at radius 1 is 1.47 bits per heavy atom. The molecule has 3 N–H and O–H groups in total. The van der Waals surface area contributed by atoms with E-state index in [4.69, 9.17) is 10.5 Å². The lowest BCUT2D eigenvalue weighted by Crippen LogP contribution is -2.49. The maximum Gasteiger partial charge on any atom is 0.270 e. The molecule has 0 aromatic carbocycles. The standard InChI is InChI=1S/C12H17N3O2/c1-12(4-6-17-7-5-12)15-11(16)10-3-2-9(13)8-14-10/h2-3,8H,4-7,13H2,1H3,(H,15,16). The van der Waals surface area contributed by atoms with Crippen molar-refractivity contribution >= 4 is 11.6 Å². The first-order chi connectivity index (χ1) is 8.09. The van der Waals surface area contributed by atoms with Crippen molar-refractivity contribution in [3.63, 3.8) is 0 Å². The van der Waals surface area contributed by atoms with Gasteiger partial charge in [-0.1, -0.05) is 0 Å². The number of amides is 1. The fourth-order valence-electron chi connectivity index (χ4n) is 1.82. The minimum atomic E-state index is -0.196. The predicted molar refractivity (Wildman–Crippen MR) is 64.6 cm³/mol. The van der Waals surface area contributed by atoms with Gasteiger partial charge in [0.1, 0.15) is 5.69 Å². The molecular weight excluding hydrogens is 218 g/mol. The molecule has 0 aliphatic carbocycles. The molecule has 2 heterocycles. The highest BCUT2D eigenvalue weighted by Gasteiger charge is 2.29. The van der Waals surface area contributed by atoms with E-state index >= 15 is 0 Å². The van der Waals surface area contributed by atoms with Crippen molar-refractivity contribution in [1.29, 1.82) is 0 Å². The van der Waals surface area contributed by atoms with E-state index in [-0.39, 0.29) is 11.4 Å². The topological polar surface area (TPSA) is 77.2 Å². The Hall–Kier alpha value is -1.62. The first kappa shape index (κ1) is 11.9. The van der Waals surface area contributed by atoms with Crippen LogP contribution in [-0.2, 0) is 4.74 Å². The number of ether oxygens (including phenoxy) is 1. The van der Waals surface area contributed by atoms with Crippen LogP contribution in [0.3, 0.4) is 0 Å². The van der Waals surface area contributed by atoms with Crippen molar-refractivity contribution in [2.45, 2.75) is 25.3 Å². The van der Waals surface area contributed by atoms with Gasteiger partial charge in [0.05, 0.1) is 11.9 Å². The molecule has 0 saturated carbocycles. The van der Waals surface area contributed by atoms with Crippen LogP contribution in [0.5, 0.6) is 0 Å². The molecule has 0 radical (unpaired) electrons. The second-order valence-electron chi connectivity index (χ2n) is 4.60. The molecule has 1 aliphatic heterocycles. The number of nitrogens with two attached hydrogens (primary N) is 1. The molecule has 1 saturated heterocycles. The van der Waals surface area contributed by atoms with E-state index in [1.165, 1.54) is 6.20 Å². The fourth-order valence-corrected chi connectivity index (χ4v) is 1.82. The average Bonchev–Trinajstić information content (AvgIpc) is 2.30. The van der Waals surface area contributed by atoms with Gasteiger partial charge in [-0.05, 0) is 31.9 Å². The third kappa shape index (κ3) is 2.94. The Morgan fingerprint density at radius 3 is 2.76 bits per heavy atom. The second-order valence-corrected chi connectivity index (χ2v) is 4.60. The van der Waals surface area contributed by atoms with Crippen LogP contribution >= 0.6 is 0 Å². The fraction of sp³-hybridized carbons (Fsp3) is 0.500. The van der Waals surface area contributed by atoms with Gasteiger partial charge in [0, 0.05) is 18.8 Å². The quantitative estimate of drug-likeness (QED) is 0.800. The smallest absolute Gasteiger partial charge is 0.270 e. The summed E-state index contributed by atoms with van der Waals surface area (Å²) in [6.45, 7) is 3.41. The summed E-state index contributed by atoms with van der Waals surface area (Å²) in [6.07, 6.45) is 3.14. The highest BCUT2D eigenvalue weighted by molar-refractivity contribution is 5.92. The monoisotopic (exact) mass is 235 g/mol. The van der Waals surface area contributed by atoms with E-state index in [2.05, 4.69) is 10.3 Å². The molecule has 2 rings (SSSR count). The number of carbonyl (C=O) groups is 1. The minimum absolute atomic E-state index is 0.158. The Balaban J connectivity index is 2.03. The zero-order valence-corrected chi connectivity index (χ0v) is 9.90. The number of aromatic nitrogens is 1. The number of anilines is 1. The summed E-state index contributed by atoms with van der Waals surface area (Å²) < 4.78 is 5.28. The van der Waals surface area contributed by atoms with Crippen LogP contribution in [0.1, 0.15) is 30.3 Å². The van der Waals surface area contributed by atoms with E-state index in [0.717, 1.165) is 12.8 Å². The molecule has 1 aromatic rings. The number of rotatable bonds is 2. The van der Waals surface area contributed by atoms with Crippen molar-refractivity contribution in [3.05, 3.63) is 24.0 Å². The van der Waals surface area contributed by atoms with E-state index in [9.17, 15) is 4.79 Å². The maximum absolute atomic E-state index is 12.0. The normalized spacial score (nSPS) is 18.6. The molecule has 1 aromatic heterocycles. The van der Waals surface area contributed by atoms with Gasteiger partial charge < -0.3 is 15.8 Å². The predicted octanol–water partition coefficient (Wildman–Crippen LogP) is 0.963. The lowest BCUT2D eigenvalue weighted by atomic mass is 9.92. The van der Waals surface area contributed by atoms with E-state index < -0.39 is 0 Å². The molecule has 17 heavy (non-hydrogen) atoms. The highest BCUT2D eigenvalue weighted by Crippen LogP contribution is 2.20. The molecule has 0 bridgehead atoms. The van der Waals surface area contributed by atoms with Crippen LogP contribution < -0.4 is 11.1 Å². The van der Waals surface area contributed by atoms with Gasteiger partial charge >= 0.3 is 0 Å². The molecule has 92 valence electrons. The molecule has 1 amide bonds. The SMILES string of the molecule is CC1(NC(=O)c2ccc(N)cn2)CCOCC1. The summed E-state index contributed by atoms with van der Waals surface area (Å²) in [4.78, 5) is 16.0. The number of pyridine rings is 1. The van der Waals surface area contributed by atoms with Gasteiger partial charge in [-0.15, -0.1) is 0 Å². The van der Waals surface area contributed by atoms with Gasteiger partial charge in [0.15, 0.2) is 0 Å². The largest absolute Gasteiger partial charge is 0.397 e.